The number of amides is 4. The molecular weight excluding hydrogens is 388 g/mol. The van der Waals surface area contributed by atoms with Crippen LogP contribution in [0.5, 0.6) is 0 Å². The topological polar surface area (TPSA) is 166 Å². The lowest BCUT2D eigenvalue weighted by Crippen LogP contribution is -2.42. The molecule has 0 spiro atoms. The van der Waals surface area contributed by atoms with Crippen LogP contribution < -0.4 is 10.6 Å². The summed E-state index contributed by atoms with van der Waals surface area (Å²) in [6.07, 6.45) is 1.08. The van der Waals surface area contributed by atoms with E-state index in [9.17, 15) is 34.4 Å². The highest BCUT2D eigenvalue weighted by atomic mass is 16.5. The molecule has 4 amide bonds. The van der Waals surface area contributed by atoms with Gasteiger partial charge in [-0.15, -0.1) is 0 Å². The first kappa shape index (κ1) is 26.3. The molecule has 0 aromatic heterocycles. The largest absolute Gasteiger partial charge is 0.467 e. The van der Waals surface area contributed by atoms with Crippen molar-refractivity contribution in [2.45, 2.75) is 52.0 Å². The Hall–Kier alpha value is -2.73. The molecule has 0 unspecified atom stereocenters. The number of hydrogen-bond donors (Lipinski definition) is 4. The first-order valence-corrected chi connectivity index (χ1v) is 9.16. The molecule has 0 aromatic rings. The van der Waals surface area contributed by atoms with E-state index in [1.807, 2.05) is 0 Å². The number of esters is 1. The van der Waals surface area contributed by atoms with Gasteiger partial charge in [0.1, 0.15) is 6.04 Å². The molecule has 0 aromatic carbocycles. The Bertz CT molecular complexity index is 584. The van der Waals surface area contributed by atoms with E-state index in [-0.39, 0.29) is 38.3 Å². The Balaban J connectivity index is 4.19. The number of carbonyl (C=O) groups excluding carboxylic acids is 5. The van der Waals surface area contributed by atoms with Crippen molar-refractivity contribution < 1.29 is 39.1 Å². The Labute approximate surface area is 169 Å². The fourth-order valence-corrected chi connectivity index (χ4v) is 2.18. The average Bonchev–Trinajstić information content (AvgIpc) is 2.67. The van der Waals surface area contributed by atoms with Crippen LogP contribution in [0.3, 0.4) is 0 Å². The first-order valence-electron chi connectivity index (χ1n) is 9.16. The second-order valence-electron chi connectivity index (χ2n) is 6.27. The van der Waals surface area contributed by atoms with Crippen molar-refractivity contribution in [3.63, 3.8) is 0 Å². The Morgan fingerprint density at radius 1 is 0.897 bits per heavy atom. The molecule has 0 aliphatic carbocycles. The zero-order chi connectivity index (χ0) is 22.4. The van der Waals surface area contributed by atoms with Gasteiger partial charge in [0, 0.05) is 33.2 Å². The number of ether oxygens (including phenoxy) is 1. The molecule has 0 aliphatic rings. The molecule has 12 heteroatoms. The van der Waals surface area contributed by atoms with Crippen LogP contribution in [0, 0.1) is 0 Å². The number of hydroxylamine groups is 4. The molecule has 29 heavy (non-hydrogen) atoms. The SMILES string of the molecule is COC(=O)[C@H](CCCCNC(=O)CCN(O)C(C)=O)NC(=O)CCN(O)C(C)=O. The van der Waals surface area contributed by atoms with Gasteiger partial charge in [-0.25, -0.2) is 14.9 Å². The van der Waals surface area contributed by atoms with Crippen molar-refractivity contribution in [3.05, 3.63) is 0 Å². The van der Waals surface area contributed by atoms with Crippen LogP contribution in [0.1, 0.15) is 46.0 Å². The molecule has 0 saturated heterocycles. The quantitative estimate of drug-likeness (QED) is 0.130. The second-order valence-corrected chi connectivity index (χ2v) is 6.27. The van der Waals surface area contributed by atoms with Gasteiger partial charge in [-0.2, -0.15) is 0 Å². The van der Waals surface area contributed by atoms with E-state index in [1.165, 1.54) is 14.0 Å². The van der Waals surface area contributed by atoms with E-state index >= 15 is 0 Å². The first-order chi connectivity index (χ1) is 13.6. The number of carbonyl (C=O) groups is 5. The highest BCUT2D eigenvalue weighted by Gasteiger charge is 2.21. The van der Waals surface area contributed by atoms with Crippen LogP contribution >= 0.6 is 0 Å². The monoisotopic (exact) mass is 418 g/mol. The molecule has 0 saturated carbocycles. The lowest BCUT2D eigenvalue weighted by Gasteiger charge is -2.18. The van der Waals surface area contributed by atoms with Crippen LogP contribution in [0.15, 0.2) is 0 Å². The van der Waals surface area contributed by atoms with E-state index in [2.05, 4.69) is 15.4 Å². The molecule has 12 nitrogen and oxygen atoms in total. The smallest absolute Gasteiger partial charge is 0.328 e. The highest BCUT2D eigenvalue weighted by molar-refractivity contribution is 5.84. The Kier molecular flexibility index (Phi) is 12.9. The van der Waals surface area contributed by atoms with E-state index in [0.717, 1.165) is 6.92 Å². The molecule has 4 N–H and O–H groups in total. The number of hydrogen-bond acceptors (Lipinski definition) is 8. The van der Waals surface area contributed by atoms with Crippen LogP contribution in [0.25, 0.3) is 0 Å². The van der Waals surface area contributed by atoms with E-state index in [1.54, 1.807) is 0 Å². The van der Waals surface area contributed by atoms with Gasteiger partial charge >= 0.3 is 5.97 Å². The van der Waals surface area contributed by atoms with Crippen molar-refractivity contribution in [2.75, 3.05) is 26.7 Å². The Morgan fingerprint density at radius 3 is 1.90 bits per heavy atom. The summed E-state index contributed by atoms with van der Waals surface area (Å²) < 4.78 is 4.65. The summed E-state index contributed by atoms with van der Waals surface area (Å²) in [4.78, 5) is 57.0. The van der Waals surface area contributed by atoms with Gasteiger partial charge in [0.05, 0.1) is 20.2 Å². The molecule has 0 fully saturated rings. The lowest BCUT2D eigenvalue weighted by molar-refractivity contribution is -0.164. The number of nitrogens with zero attached hydrogens (tertiary/aromatic N) is 2. The van der Waals surface area contributed by atoms with Crippen LogP contribution in [0.2, 0.25) is 0 Å². The van der Waals surface area contributed by atoms with Crippen molar-refractivity contribution in [1.29, 1.82) is 0 Å². The van der Waals surface area contributed by atoms with Crippen molar-refractivity contribution >= 4 is 29.6 Å². The number of nitrogens with one attached hydrogen (secondary N) is 2. The third-order valence-corrected chi connectivity index (χ3v) is 3.89. The van der Waals surface area contributed by atoms with Crippen molar-refractivity contribution in [3.8, 4) is 0 Å². The minimum Gasteiger partial charge on any atom is -0.467 e. The number of unbranched alkanes of at least 4 members (excludes halogenated alkanes) is 1. The standard InChI is InChI=1S/C17H30N4O8/c1-12(22)20(27)10-7-15(24)18-9-5-4-6-14(17(26)29-3)19-16(25)8-11-21(28)13(2)23/h14,27-28H,4-11H2,1-3H3,(H,18,24)(H,19,25)/t14-/m0/s1. The van der Waals surface area contributed by atoms with Crippen LogP contribution in [-0.4, -0.2) is 82.9 Å². The summed E-state index contributed by atoms with van der Waals surface area (Å²) in [7, 11) is 1.19. The molecular formula is C17H30N4O8. The molecule has 166 valence electrons. The third-order valence-electron chi connectivity index (χ3n) is 3.89. The minimum atomic E-state index is -0.883. The summed E-state index contributed by atoms with van der Waals surface area (Å²) in [6, 6.07) is -0.883. The van der Waals surface area contributed by atoms with Crippen molar-refractivity contribution in [2.24, 2.45) is 0 Å². The fourth-order valence-electron chi connectivity index (χ4n) is 2.18. The van der Waals surface area contributed by atoms with Gasteiger partial charge in [0.15, 0.2) is 0 Å². The zero-order valence-corrected chi connectivity index (χ0v) is 17.0. The van der Waals surface area contributed by atoms with E-state index in [4.69, 9.17) is 0 Å². The van der Waals surface area contributed by atoms with Gasteiger partial charge in [0.25, 0.3) is 0 Å². The minimum absolute atomic E-state index is 0.0426. The average molecular weight is 418 g/mol. The summed E-state index contributed by atoms with van der Waals surface area (Å²) in [5.74, 6) is -2.63. The molecule has 0 bridgehead atoms. The summed E-state index contributed by atoms with van der Waals surface area (Å²) in [5.41, 5.74) is 0. The maximum atomic E-state index is 11.9. The lowest BCUT2D eigenvalue weighted by atomic mass is 10.1. The fraction of sp³-hybridized carbons (Fsp3) is 0.706. The summed E-state index contributed by atoms with van der Waals surface area (Å²) in [6.45, 7) is 2.35. The predicted octanol–water partition coefficient (Wildman–Crippen LogP) is -0.814. The normalized spacial score (nSPS) is 11.2. The number of rotatable bonds is 13. The molecule has 0 heterocycles. The predicted molar refractivity (Wildman–Crippen MR) is 98.4 cm³/mol. The summed E-state index contributed by atoms with van der Waals surface area (Å²) in [5, 5.41) is 24.4. The van der Waals surface area contributed by atoms with Gasteiger partial charge in [0.2, 0.25) is 23.6 Å². The maximum absolute atomic E-state index is 11.9. The van der Waals surface area contributed by atoms with Gasteiger partial charge in [-0.3, -0.25) is 29.6 Å². The van der Waals surface area contributed by atoms with Crippen LogP contribution in [-0.2, 0) is 28.7 Å². The third kappa shape index (κ3) is 12.4. The zero-order valence-electron chi connectivity index (χ0n) is 17.0. The van der Waals surface area contributed by atoms with Gasteiger partial charge < -0.3 is 15.4 Å². The molecule has 0 rings (SSSR count). The highest BCUT2D eigenvalue weighted by Crippen LogP contribution is 2.04. The Morgan fingerprint density at radius 2 is 1.41 bits per heavy atom. The molecule has 1 atom stereocenters. The van der Waals surface area contributed by atoms with Crippen LogP contribution in [0.4, 0.5) is 0 Å². The maximum Gasteiger partial charge on any atom is 0.328 e. The van der Waals surface area contributed by atoms with Gasteiger partial charge in [-0.1, -0.05) is 0 Å². The van der Waals surface area contributed by atoms with E-state index in [0.29, 0.717) is 29.5 Å². The molecule has 0 aliphatic heterocycles. The number of methoxy groups -OCH3 is 1. The van der Waals surface area contributed by atoms with Crippen molar-refractivity contribution in [1.82, 2.24) is 20.8 Å². The second kappa shape index (κ2) is 14.3. The van der Waals surface area contributed by atoms with E-state index < -0.39 is 29.7 Å². The van der Waals surface area contributed by atoms with Gasteiger partial charge in [-0.05, 0) is 19.3 Å². The molecule has 0 radical (unpaired) electrons. The summed E-state index contributed by atoms with van der Waals surface area (Å²) >= 11 is 0.